The number of anilines is 2. The zero-order chi connectivity index (χ0) is 16.9. The summed E-state index contributed by atoms with van der Waals surface area (Å²) < 4.78 is 5.52. The maximum atomic E-state index is 12.6. The lowest BCUT2D eigenvalue weighted by Crippen LogP contribution is -2.33. The predicted octanol–water partition coefficient (Wildman–Crippen LogP) is 4.83. The normalized spacial score (nSPS) is 10.7. The molecule has 2 rings (SSSR count). The molecule has 4 nitrogen and oxygen atoms in total. The molecule has 0 radical (unpaired) electrons. The Labute approximate surface area is 136 Å². The van der Waals surface area contributed by atoms with Crippen molar-refractivity contribution in [2.24, 2.45) is 0 Å². The highest BCUT2D eigenvalue weighted by molar-refractivity contribution is 5.96. The van der Waals surface area contributed by atoms with Crippen LogP contribution >= 0.6 is 0 Å². The average molecular weight is 308 g/mol. The van der Waals surface area contributed by atoms with Crippen molar-refractivity contribution in [3.05, 3.63) is 60.2 Å². The van der Waals surface area contributed by atoms with Gasteiger partial charge in [-0.1, -0.05) is 30.3 Å². The third-order valence-corrected chi connectivity index (χ3v) is 3.07. The lowest BCUT2D eigenvalue weighted by Gasteiger charge is -2.27. The van der Waals surface area contributed by atoms with Crippen molar-refractivity contribution >= 4 is 17.5 Å². The molecule has 4 heteroatoms. The highest BCUT2D eigenvalue weighted by atomic mass is 16.6. The van der Waals surface area contributed by atoms with E-state index in [0.29, 0.717) is 12.1 Å². The summed E-state index contributed by atoms with van der Waals surface area (Å²) in [4.78, 5) is 14.2. The Morgan fingerprint density at radius 1 is 1.04 bits per heavy atom. The Balaban J connectivity index is 2.37. The molecule has 0 saturated carbocycles. The van der Waals surface area contributed by atoms with Crippen molar-refractivity contribution in [2.45, 2.75) is 32.8 Å². The lowest BCUT2D eigenvalue weighted by molar-refractivity contribution is 0.0599. The summed E-state index contributed by atoms with van der Waals surface area (Å²) in [5.41, 5.74) is 1.76. The smallest absolute Gasteiger partial charge is 0.419 e. The molecule has 0 atom stereocenters. The quantitative estimate of drug-likeness (QED) is 0.816. The van der Waals surface area contributed by atoms with Crippen LogP contribution < -0.4 is 4.90 Å². The molecule has 0 aliphatic heterocycles. The largest absolute Gasteiger partial charge is 0.443 e. The van der Waals surface area contributed by atoms with E-state index in [1.807, 2.05) is 75.4 Å². The minimum absolute atomic E-state index is 0.345. The van der Waals surface area contributed by atoms with Gasteiger partial charge in [0.25, 0.3) is 0 Å². The second kappa shape index (κ2) is 6.97. The summed E-state index contributed by atoms with van der Waals surface area (Å²) in [5.74, 6) is 0. The molecule has 0 N–H and O–H groups in total. The number of amides is 1. The molecule has 23 heavy (non-hydrogen) atoms. The monoisotopic (exact) mass is 308 g/mol. The standard InChI is InChI=1S/C19H20N2O2/c1-19(2,3)23-18(22)21(16-7-5-4-6-8-16)17-11-9-15(10-12-17)13-14-20/h4-12H,13H2,1-3H3. The molecule has 0 fully saturated rings. The number of nitrogens with zero attached hydrogens (tertiary/aromatic N) is 2. The molecule has 2 aromatic rings. The maximum Gasteiger partial charge on any atom is 0.419 e. The molecular weight excluding hydrogens is 288 g/mol. The number of para-hydroxylation sites is 1. The van der Waals surface area contributed by atoms with Crippen LogP contribution in [0.2, 0.25) is 0 Å². The molecule has 0 bridgehead atoms. The fraction of sp³-hybridized carbons (Fsp3) is 0.263. The lowest BCUT2D eigenvalue weighted by atomic mass is 10.1. The van der Waals surface area contributed by atoms with Crippen molar-refractivity contribution in [3.8, 4) is 6.07 Å². The number of carbonyl (C=O) groups is 1. The van der Waals surface area contributed by atoms with Gasteiger partial charge in [-0.25, -0.2) is 9.69 Å². The Morgan fingerprint density at radius 3 is 2.13 bits per heavy atom. The molecule has 0 spiro atoms. The Kier molecular flexibility index (Phi) is 5.02. The van der Waals surface area contributed by atoms with Crippen molar-refractivity contribution in [3.63, 3.8) is 0 Å². The van der Waals surface area contributed by atoms with Crippen LogP contribution in [0.4, 0.5) is 16.2 Å². The SMILES string of the molecule is CC(C)(C)OC(=O)N(c1ccccc1)c1ccc(CC#N)cc1. The van der Waals surface area contributed by atoms with E-state index in [-0.39, 0.29) is 0 Å². The average Bonchev–Trinajstić information content (AvgIpc) is 2.49. The van der Waals surface area contributed by atoms with E-state index in [1.54, 1.807) is 0 Å². The van der Waals surface area contributed by atoms with Crippen LogP contribution in [-0.2, 0) is 11.2 Å². The van der Waals surface area contributed by atoms with Crippen LogP contribution in [0.25, 0.3) is 0 Å². The van der Waals surface area contributed by atoms with Gasteiger partial charge in [-0.15, -0.1) is 0 Å². The van der Waals surface area contributed by atoms with Gasteiger partial charge < -0.3 is 4.74 Å². The topological polar surface area (TPSA) is 53.3 Å². The summed E-state index contributed by atoms with van der Waals surface area (Å²) in [6.07, 6.45) is -0.0883. The number of ether oxygens (including phenoxy) is 1. The molecule has 0 aliphatic carbocycles. The van der Waals surface area contributed by atoms with Gasteiger partial charge in [-0.2, -0.15) is 5.26 Å². The second-order valence-electron chi connectivity index (χ2n) is 6.15. The van der Waals surface area contributed by atoms with Gasteiger partial charge in [0, 0.05) is 0 Å². The zero-order valence-corrected chi connectivity index (χ0v) is 13.6. The number of hydrogen-bond donors (Lipinski definition) is 0. The van der Waals surface area contributed by atoms with Crippen molar-refractivity contribution in [1.29, 1.82) is 5.26 Å². The maximum absolute atomic E-state index is 12.6. The van der Waals surface area contributed by atoms with E-state index in [2.05, 4.69) is 6.07 Å². The minimum Gasteiger partial charge on any atom is -0.443 e. The summed E-state index contributed by atoms with van der Waals surface area (Å²) >= 11 is 0. The van der Waals surface area contributed by atoms with Gasteiger partial charge in [-0.05, 0) is 50.6 Å². The molecule has 0 unspecified atom stereocenters. The van der Waals surface area contributed by atoms with Gasteiger partial charge >= 0.3 is 6.09 Å². The number of hydrogen-bond acceptors (Lipinski definition) is 3. The van der Waals surface area contributed by atoms with Gasteiger partial charge in [-0.3, -0.25) is 0 Å². The molecule has 0 heterocycles. The van der Waals surface area contributed by atoms with E-state index in [1.165, 1.54) is 4.90 Å². The first-order valence-electron chi connectivity index (χ1n) is 7.45. The molecule has 0 aromatic heterocycles. The zero-order valence-electron chi connectivity index (χ0n) is 13.6. The van der Waals surface area contributed by atoms with Gasteiger partial charge in [0.05, 0.1) is 23.9 Å². The molecule has 1 amide bonds. The highest BCUT2D eigenvalue weighted by Gasteiger charge is 2.24. The van der Waals surface area contributed by atoms with Gasteiger partial charge in [0.2, 0.25) is 0 Å². The first-order chi connectivity index (χ1) is 10.9. The third kappa shape index (κ3) is 4.58. The first kappa shape index (κ1) is 16.6. The fourth-order valence-electron chi connectivity index (χ4n) is 2.10. The second-order valence-corrected chi connectivity index (χ2v) is 6.15. The summed E-state index contributed by atoms with van der Waals surface area (Å²) in [5, 5.41) is 8.76. The number of rotatable bonds is 3. The predicted molar refractivity (Wildman–Crippen MR) is 90.6 cm³/mol. The molecule has 0 saturated heterocycles. The van der Waals surface area contributed by atoms with Crippen molar-refractivity contribution in [2.75, 3.05) is 4.90 Å². The van der Waals surface area contributed by atoms with Crippen molar-refractivity contribution in [1.82, 2.24) is 0 Å². The molecular formula is C19H20N2O2. The van der Waals surface area contributed by atoms with Crippen LogP contribution in [-0.4, -0.2) is 11.7 Å². The number of nitriles is 1. The number of carbonyl (C=O) groups excluding carboxylic acids is 1. The summed E-state index contributed by atoms with van der Waals surface area (Å²) in [6.45, 7) is 5.51. The van der Waals surface area contributed by atoms with E-state index < -0.39 is 11.7 Å². The molecule has 2 aromatic carbocycles. The van der Waals surface area contributed by atoms with Crippen LogP contribution in [0.5, 0.6) is 0 Å². The Hall–Kier alpha value is -2.80. The van der Waals surface area contributed by atoms with E-state index in [4.69, 9.17) is 10.00 Å². The van der Waals surface area contributed by atoms with Crippen LogP contribution in [0, 0.1) is 11.3 Å². The van der Waals surface area contributed by atoms with Crippen LogP contribution in [0.15, 0.2) is 54.6 Å². The number of benzene rings is 2. The first-order valence-corrected chi connectivity index (χ1v) is 7.45. The molecule has 118 valence electrons. The van der Waals surface area contributed by atoms with E-state index in [9.17, 15) is 4.79 Å². The highest BCUT2D eigenvalue weighted by Crippen LogP contribution is 2.28. The van der Waals surface area contributed by atoms with E-state index >= 15 is 0 Å². The van der Waals surface area contributed by atoms with Crippen molar-refractivity contribution < 1.29 is 9.53 Å². The summed E-state index contributed by atoms with van der Waals surface area (Å²) in [6, 6.07) is 18.8. The Morgan fingerprint density at radius 2 is 1.61 bits per heavy atom. The van der Waals surface area contributed by atoms with E-state index in [0.717, 1.165) is 11.3 Å². The summed E-state index contributed by atoms with van der Waals surface area (Å²) in [7, 11) is 0. The van der Waals surface area contributed by atoms with Crippen LogP contribution in [0.3, 0.4) is 0 Å². The third-order valence-electron chi connectivity index (χ3n) is 3.07. The minimum atomic E-state index is -0.579. The van der Waals surface area contributed by atoms with Crippen LogP contribution in [0.1, 0.15) is 26.3 Å². The fourth-order valence-corrected chi connectivity index (χ4v) is 2.10. The van der Waals surface area contributed by atoms with Gasteiger partial charge in [0.15, 0.2) is 0 Å². The molecule has 0 aliphatic rings. The Bertz CT molecular complexity index is 695. The van der Waals surface area contributed by atoms with Gasteiger partial charge in [0.1, 0.15) is 5.60 Å².